The van der Waals surface area contributed by atoms with E-state index in [-0.39, 0.29) is 5.41 Å². The van der Waals surface area contributed by atoms with Crippen molar-refractivity contribution >= 4 is 60.7 Å². The van der Waals surface area contributed by atoms with Gasteiger partial charge in [-0.05, 0) is 118 Å². The molecule has 10 aromatic carbocycles. The van der Waals surface area contributed by atoms with Crippen LogP contribution in [-0.2, 0) is 5.41 Å². The zero-order valence-electron chi connectivity index (χ0n) is 36.9. The van der Waals surface area contributed by atoms with Crippen molar-refractivity contribution in [3.05, 3.63) is 248 Å². The zero-order chi connectivity index (χ0) is 43.9. The van der Waals surface area contributed by atoms with Gasteiger partial charge >= 0.3 is 0 Å². The van der Waals surface area contributed by atoms with E-state index in [1.165, 1.54) is 93.8 Å². The predicted molar refractivity (Wildman–Crippen MR) is 278 cm³/mol. The number of aromatic nitrogens is 2. The van der Waals surface area contributed by atoms with Crippen LogP contribution in [-0.4, -0.2) is 9.13 Å². The molecule has 0 fully saturated rings. The molecule has 0 N–H and O–H groups in total. The second kappa shape index (κ2) is 14.8. The third-order valence-corrected chi connectivity index (χ3v) is 14.1. The average molecular weight is 844 g/mol. The smallest absolute Gasteiger partial charge is 0.0547 e. The number of para-hydroxylation sites is 3. The fourth-order valence-electron chi connectivity index (χ4n) is 11.1. The molecule has 0 amide bonds. The quantitative estimate of drug-likeness (QED) is 0.156. The molecule has 3 nitrogen and oxygen atoms in total. The van der Waals surface area contributed by atoms with Gasteiger partial charge in [0.25, 0.3) is 0 Å². The Kier molecular flexibility index (Phi) is 8.56. The highest BCUT2D eigenvalue weighted by atomic mass is 15.1. The third-order valence-electron chi connectivity index (χ3n) is 14.1. The van der Waals surface area contributed by atoms with E-state index in [2.05, 4.69) is 264 Å². The van der Waals surface area contributed by atoms with Gasteiger partial charge in [-0.25, -0.2) is 0 Å². The summed E-state index contributed by atoms with van der Waals surface area (Å²) in [5.41, 5.74) is 20.5. The lowest BCUT2D eigenvalue weighted by molar-refractivity contribution is 0.660. The van der Waals surface area contributed by atoms with Gasteiger partial charge in [0.2, 0.25) is 0 Å². The summed E-state index contributed by atoms with van der Waals surface area (Å²) in [7, 11) is 0. The fourth-order valence-corrected chi connectivity index (χ4v) is 11.1. The van der Waals surface area contributed by atoms with Gasteiger partial charge < -0.3 is 14.0 Å². The maximum atomic E-state index is 2.45. The number of nitrogens with zero attached hydrogens (tertiary/aromatic N) is 3. The van der Waals surface area contributed by atoms with Crippen LogP contribution in [0.3, 0.4) is 0 Å². The summed E-state index contributed by atoms with van der Waals surface area (Å²) in [6, 6.07) is 86.8. The van der Waals surface area contributed by atoms with Crippen LogP contribution in [0.15, 0.2) is 237 Å². The van der Waals surface area contributed by atoms with E-state index in [0.717, 1.165) is 22.7 Å². The van der Waals surface area contributed by atoms with Crippen molar-refractivity contribution in [3.63, 3.8) is 0 Å². The standard InChI is InChI=1S/C63H45N3/c1-63(2)54-25-12-9-22-51(54)62-55(63)26-16-30-60(62)64(46-35-31-43(32-36-46)42-17-5-3-6-18-42)47-37-33-44(34-38-47)49-24-15-29-59-61(49)52-23-11-14-28-57(52)66(59)48-39-40-58-53(41-48)50-21-10-13-27-56(50)65(58)45-19-7-4-8-20-45/h3-41H,1-2H3. The van der Waals surface area contributed by atoms with Gasteiger partial charge in [0, 0.05) is 55.3 Å². The molecule has 2 aromatic heterocycles. The van der Waals surface area contributed by atoms with Gasteiger partial charge in [-0.3, -0.25) is 0 Å². The maximum absolute atomic E-state index is 2.45. The van der Waals surface area contributed by atoms with E-state index < -0.39 is 0 Å². The number of hydrogen-bond acceptors (Lipinski definition) is 1. The van der Waals surface area contributed by atoms with Crippen molar-refractivity contribution in [3.8, 4) is 44.8 Å². The Labute approximate surface area is 384 Å². The van der Waals surface area contributed by atoms with Crippen molar-refractivity contribution in [1.29, 1.82) is 0 Å². The van der Waals surface area contributed by atoms with E-state index in [9.17, 15) is 0 Å². The minimum atomic E-state index is -0.112. The summed E-state index contributed by atoms with van der Waals surface area (Å²) in [5.74, 6) is 0. The van der Waals surface area contributed by atoms with E-state index in [4.69, 9.17) is 0 Å². The molecule has 0 radical (unpaired) electrons. The van der Waals surface area contributed by atoms with Crippen LogP contribution in [0.2, 0.25) is 0 Å². The molecule has 12 aromatic rings. The molecule has 0 unspecified atom stereocenters. The number of benzene rings is 10. The van der Waals surface area contributed by atoms with Crippen molar-refractivity contribution in [1.82, 2.24) is 9.13 Å². The Balaban J connectivity index is 0.958. The molecular weight excluding hydrogens is 799 g/mol. The van der Waals surface area contributed by atoms with Crippen LogP contribution in [0.4, 0.5) is 17.1 Å². The molecule has 66 heavy (non-hydrogen) atoms. The molecule has 312 valence electrons. The molecular formula is C63H45N3. The summed E-state index contributed by atoms with van der Waals surface area (Å²) >= 11 is 0. The first-order valence-corrected chi connectivity index (χ1v) is 22.9. The number of rotatable bonds is 7. The third kappa shape index (κ3) is 5.76. The molecule has 0 atom stereocenters. The first-order valence-electron chi connectivity index (χ1n) is 22.9. The molecule has 1 aliphatic carbocycles. The van der Waals surface area contributed by atoms with Crippen molar-refractivity contribution in [2.24, 2.45) is 0 Å². The van der Waals surface area contributed by atoms with Crippen LogP contribution in [0.5, 0.6) is 0 Å². The zero-order valence-corrected chi connectivity index (χ0v) is 36.9. The first-order chi connectivity index (χ1) is 32.5. The summed E-state index contributed by atoms with van der Waals surface area (Å²) < 4.78 is 4.83. The molecule has 0 aliphatic heterocycles. The van der Waals surface area contributed by atoms with Gasteiger partial charge in [0.1, 0.15) is 0 Å². The Bertz CT molecular complexity index is 3820. The van der Waals surface area contributed by atoms with Crippen LogP contribution >= 0.6 is 0 Å². The SMILES string of the molecule is CC1(C)c2ccccc2-c2c(N(c3ccc(-c4ccccc4)cc3)c3ccc(-c4cccc5c4c4ccccc4n5-c4ccc5c(c4)c4ccccc4n5-c4ccccc4)cc3)cccc21. The molecule has 0 spiro atoms. The maximum Gasteiger partial charge on any atom is 0.0547 e. The number of fused-ring (bicyclic) bond motifs is 9. The molecule has 0 saturated heterocycles. The fraction of sp³-hybridized carbons (Fsp3) is 0.0476. The number of hydrogen-bond donors (Lipinski definition) is 0. The Morgan fingerprint density at radius 2 is 0.879 bits per heavy atom. The molecule has 0 bridgehead atoms. The second-order valence-electron chi connectivity index (χ2n) is 18.1. The lowest BCUT2D eigenvalue weighted by atomic mass is 9.82. The largest absolute Gasteiger partial charge is 0.310 e. The van der Waals surface area contributed by atoms with Crippen LogP contribution in [0, 0.1) is 0 Å². The highest BCUT2D eigenvalue weighted by Crippen LogP contribution is 2.54. The highest BCUT2D eigenvalue weighted by molar-refractivity contribution is 6.16. The topological polar surface area (TPSA) is 13.1 Å². The Morgan fingerprint density at radius 3 is 1.64 bits per heavy atom. The monoisotopic (exact) mass is 843 g/mol. The van der Waals surface area contributed by atoms with Gasteiger partial charge in [0.05, 0.1) is 27.8 Å². The number of anilines is 3. The van der Waals surface area contributed by atoms with Crippen molar-refractivity contribution in [2.75, 3.05) is 4.90 Å². The van der Waals surface area contributed by atoms with E-state index >= 15 is 0 Å². The minimum absolute atomic E-state index is 0.112. The molecule has 0 saturated carbocycles. The average Bonchev–Trinajstić information content (AvgIpc) is 3.98. The first kappa shape index (κ1) is 38.1. The van der Waals surface area contributed by atoms with Gasteiger partial charge in [-0.2, -0.15) is 0 Å². The normalized spacial score (nSPS) is 12.8. The summed E-state index contributed by atoms with van der Waals surface area (Å²) in [6.07, 6.45) is 0. The molecule has 2 heterocycles. The summed E-state index contributed by atoms with van der Waals surface area (Å²) in [6.45, 7) is 4.71. The lowest BCUT2D eigenvalue weighted by Crippen LogP contribution is -2.16. The minimum Gasteiger partial charge on any atom is -0.310 e. The second-order valence-corrected chi connectivity index (χ2v) is 18.1. The Hall–Kier alpha value is -8.40. The summed E-state index contributed by atoms with van der Waals surface area (Å²) in [4.78, 5) is 2.45. The van der Waals surface area contributed by atoms with Gasteiger partial charge in [-0.15, -0.1) is 0 Å². The molecule has 3 heteroatoms. The summed E-state index contributed by atoms with van der Waals surface area (Å²) in [5, 5.41) is 4.97. The van der Waals surface area contributed by atoms with Gasteiger partial charge in [0.15, 0.2) is 0 Å². The van der Waals surface area contributed by atoms with Crippen molar-refractivity contribution in [2.45, 2.75) is 19.3 Å². The Morgan fingerprint density at radius 1 is 0.348 bits per heavy atom. The van der Waals surface area contributed by atoms with Crippen LogP contribution in [0.25, 0.3) is 88.4 Å². The van der Waals surface area contributed by atoms with Crippen LogP contribution < -0.4 is 4.90 Å². The predicted octanol–water partition coefficient (Wildman–Crippen LogP) is 17.0. The molecule has 1 aliphatic rings. The van der Waals surface area contributed by atoms with Gasteiger partial charge in [-0.1, -0.05) is 172 Å². The lowest BCUT2D eigenvalue weighted by Gasteiger charge is -2.29. The van der Waals surface area contributed by atoms with E-state index in [1.54, 1.807) is 0 Å². The van der Waals surface area contributed by atoms with E-state index in [0.29, 0.717) is 0 Å². The van der Waals surface area contributed by atoms with Crippen LogP contribution in [0.1, 0.15) is 25.0 Å². The highest BCUT2D eigenvalue weighted by Gasteiger charge is 2.37. The van der Waals surface area contributed by atoms with Crippen molar-refractivity contribution < 1.29 is 0 Å². The molecule has 13 rings (SSSR count). The van der Waals surface area contributed by atoms with E-state index in [1.807, 2.05) is 0 Å².